The number of aromatic nitrogens is 4. The maximum Gasteiger partial charge on any atom is 0.232 e. The number of pyridine rings is 1. The van der Waals surface area contributed by atoms with Gasteiger partial charge in [0.1, 0.15) is 11.6 Å². The summed E-state index contributed by atoms with van der Waals surface area (Å²) in [5.41, 5.74) is 1.87. The molecule has 0 aromatic carbocycles. The van der Waals surface area contributed by atoms with Crippen LogP contribution < -0.4 is 15.1 Å². The quantitative estimate of drug-likeness (QED) is 0.896. The first kappa shape index (κ1) is 17.4. The maximum atomic E-state index is 4.75. The highest BCUT2D eigenvalue weighted by Crippen LogP contribution is 2.24. The molecule has 0 spiro atoms. The molecular weight excluding hydrogens is 314 g/mol. The Balaban J connectivity index is 1.86. The van der Waals surface area contributed by atoms with Crippen LogP contribution in [0.4, 0.5) is 23.4 Å². The summed E-state index contributed by atoms with van der Waals surface area (Å²) in [6.45, 7) is 8.36. The lowest BCUT2D eigenvalue weighted by molar-refractivity contribution is 0.757. The lowest BCUT2D eigenvalue weighted by Crippen LogP contribution is -2.19. The lowest BCUT2D eigenvalue weighted by Gasteiger charge is -2.18. The molecule has 2 aromatic heterocycles. The zero-order valence-electron chi connectivity index (χ0n) is 15.7. The molecule has 0 atom stereocenters. The molecule has 7 heteroatoms. The van der Waals surface area contributed by atoms with Crippen LogP contribution in [0, 0.1) is 6.92 Å². The van der Waals surface area contributed by atoms with E-state index in [4.69, 9.17) is 4.98 Å². The fourth-order valence-electron chi connectivity index (χ4n) is 2.82. The molecule has 25 heavy (non-hydrogen) atoms. The van der Waals surface area contributed by atoms with Crippen LogP contribution in [-0.2, 0) is 0 Å². The van der Waals surface area contributed by atoms with Crippen molar-refractivity contribution in [2.75, 3.05) is 42.3 Å². The Morgan fingerprint density at radius 2 is 1.76 bits per heavy atom. The first-order valence-corrected chi connectivity index (χ1v) is 8.87. The van der Waals surface area contributed by atoms with Crippen LogP contribution in [0.1, 0.15) is 44.1 Å². The van der Waals surface area contributed by atoms with Crippen molar-refractivity contribution in [1.82, 2.24) is 19.9 Å². The fourth-order valence-corrected chi connectivity index (χ4v) is 2.82. The smallest absolute Gasteiger partial charge is 0.232 e. The van der Waals surface area contributed by atoms with E-state index in [2.05, 4.69) is 51.1 Å². The normalized spacial score (nSPS) is 14.2. The molecule has 134 valence electrons. The number of nitrogens with one attached hydrogen (secondary N) is 1. The van der Waals surface area contributed by atoms with Crippen LogP contribution in [0.5, 0.6) is 0 Å². The summed E-state index contributed by atoms with van der Waals surface area (Å²) in [4.78, 5) is 22.5. The number of hydrogen-bond acceptors (Lipinski definition) is 7. The largest absolute Gasteiger partial charge is 0.357 e. The molecule has 0 amide bonds. The van der Waals surface area contributed by atoms with Crippen LogP contribution in [-0.4, -0.2) is 47.1 Å². The van der Waals surface area contributed by atoms with E-state index in [-0.39, 0.29) is 5.92 Å². The van der Waals surface area contributed by atoms with E-state index in [9.17, 15) is 0 Å². The number of anilines is 4. The van der Waals surface area contributed by atoms with Gasteiger partial charge in [0.25, 0.3) is 0 Å². The van der Waals surface area contributed by atoms with Crippen molar-refractivity contribution in [2.45, 2.75) is 39.5 Å². The molecule has 1 N–H and O–H groups in total. The molecule has 1 aliphatic heterocycles. The third-order valence-corrected chi connectivity index (χ3v) is 4.30. The van der Waals surface area contributed by atoms with Gasteiger partial charge in [-0.05, 0) is 31.9 Å². The third-order valence-electron chi connectivity index (χ3n) is 4.30. The highest BCUT2D eigenvalue weighted by molar-refractivity contribution is 5.60. The molecule has 1 aliphatic rings. The van der Waals surface area contributed by atoms with E-state index in [1.54, 1.807) is 0 Å². The van der Waals surface area contributed by atoms with Gasteiger partial charge in [-0.15, -0.1) is 0 Å². The van der Waals surface area contributed by atoms with E-state index in [1.165, 1.54) is 12.8 Å². The first-order chi connectivity index (χ1) is 11.9. The summed E-state index contributed by atoms with van der Waals surface area (Å²) in [5.74, 6) is 3.27. The Morgan fingerprint density at radius 1 is 1.04 bits per heavy atom. The zero-order chi connectivity index (χ0) is 18.0. The van der Waals surface area contributed by atoms with Gasteiger partial charge in [-0.3, -0.25) is 0 Å². The van der Waals surface area contributed by atoms with Gasteiger partial charge in [0.2, 0.25) is 11.9 Å². The Kier molecular flexibility index (Phi) is 5.01. The fraction of sp³-hybridized carbons (Fsp3) is 0.556. The predicted octanol–water partition coefficient (Wildman–Crippen LogP) is 3.11. The van der Waals surface area contributed by atoms with Crippen LogP contribution in [0.25, 0.3) is 0 Å². The van der Waals surface area contributed by atoms with Gasteiger partial charge in [0.15, 0.2) is 0 Å². The van der Waals surface area contributed by atoms with Crippen molar-refractivity contribution >= 4 is 23.4 Å². The summed E-state index contributed by atoms with van der Waals surface area (Å²) < 4.78 is 0. The average Bonchev–Trinajstić information content (AvgIpc) is 3.11. The molecule has 2 aromatic rings. The molecule has 3 rings (SSSR count). The average molecular weight is 341 g/mol. The van der Waals surface area contributed by atoms with Gasteiger partial charge in [-0.2, -0.15) is 15.0 Å². The molecular formula is C18H27N7. The molecule has 0 radical (unpaired) electrons. The Hall–Kier alpha value is -2.44. The predicted molar refractivity (Wildman–Crippen MR) is 102 cm³/mol. The molecule has 0 aliphatic carbocycles. The number of hydrogen-bond donors (Lipinski definition) is 1. The topological polar surface area (TPSA) is 70.1 Å². The van der Waals surface area contributed by atoms with Crippen LogP contribution in [0.15, 0.2) is 12.1 Å². The van der Waals surface area contributed by atoms with E-state index >= 15 is 0 Å². The number of aryl methyl sites for hydroxylation is 1. The molecule has 3 heterocycles. The van der Waals surface area contributed by atoms with E-state index in [0.717, 1.165) is 36.1 Å². The van der Waals surface area contributed by atoms with Crippen molar-refractivity contribution in [3.05, 3.63) is 23.7 Å². The van der Waals surface area contributed by atoms with Crippen LogP contribution >= 0.6 is 0 Å². The molecule has 1 fully saturated rings. The van der Waals surface area contributed by atoms with Crippen molar-refractivity contribution in [1.29, 1.82) is 0 Å². The number of nitrogens with zero attached hydrogens (tertiary/aromatic N) is 6. The van der Waals surface area contributed by atoms with Gasteiger partial charge in [0.05, 0.1) is 11.4 Å². The molecule has 0 unspecified atom stereocenters. The summed E-state index contributed by atoms with van der Waals surface area (Å²) in [6.07, 6.45) is 2.49. The van der Waals surface area contributed by atoms with Crippen molar-refractivity contribution < 1.29 is 0 Å². The van der Waals surface area contributed by atoms with Crippen molar-refractivity contribution in [3.8, 4) is 0 Å². The summed E-state index contributed by atoms with van der Waals surface area (Å²) in [5, 5.41) is 3.31. The minimum atomic E-state index is 0.235. The van der Waals surface area contributed by atoms with E-state index in [1.807, 2.05) is 25.9 Å². The van der Waals surface area contributed by atoms with Gasteiger partial charge >= 0.3 is 0 Å². The third kappa shape index (κ3) is 3.97. The molecule has 7 nitrogen and oxygen atoms in total. The molecule has 0 bridgehead atoms. The van der Waals surface area contributed by atoms with Gasteiger partial charge < -0.3 is 15.1 Å². The summed E-state index contributed by atoms with van der Waals surface area (Å²) in [6, 6.07) is 4.13. The zero-order valence-corrected chi connectivity index (χ0v) is 15.7. The van der Waals surface area contributed by atoms with E-state index in [0.29, 0.717) is 11.9 Å². The Morgan fingerprint density at radius 3 is 2.36 bits per heavy atom. The summed E-state index contributed by atoms with van der Waals surface area (Å²) >= 11 is 0. The van der Waals surface area contributed by atoms with Gasteiger partial charge in [0, 0.05) is 33.1 Å². The Labute approximate surface area is 149 Å². The first-order valence-electron chi connectivity index (χ1n) is 8.87. The maximum absolute atomic E-state index is 4.75. The number of rotatable bonds is 5. The highest BCUT2D eigenvalue weighted by Gasteiger charge is 2.15. The van der Waals surface area contributed by atoms with Gasteiger partial charge in [-0.25, -0.2) is 4.98 Å². The summed E-state index contributed by atoms with van der Waals surface area (Å²) in [7, 11) is 3.86. The van der Waals surface area contributed by atoms with Crippen LogP contribution in [0.2, 0.25) is 0 Å². The minimum Gasteiger partial charge on any atom is -0.357 e. The van der Waals surface area contributed by atoms with Crippen molar-refractivity contribution in [3.63, 3.8) is 0 Å². The minimum absolute atomic E-state index is 0.235. The molecule has 0 saturated carbocycles. The standard InChI is InChI=1S/C18H27N7/c1-12(2)16-21-17(23-18(22-16)24(4)5)20-14-8-9-15(19-13(14)3)25-10-6-7-11-25/h8-9,12H,6-7,10-11H2,1-5H3,(H,20,21,22,23). The van der Waals surface area contributed by atoms with Crippen LogP contribution in [0.3, 0.4) is 0 Å². The second-order valence-corrected chi connectivity index (χ2v) is 6.99. The van der Waals surface area contributed by atoms with E-state index < -0.39 is 0 Å². The lowest BCUT2D eigenvalue weighted by atomic mass is 10.2. The Bertz CT molecular complexity index is 710. The second-order valence-electron chi connectivity index (χ2n) is 6.99. The van der Waals surface area contributed by atoms with Gasteiger partial charge in [-0.1, -0.05) is 13.8 Å². The van der Waals surface area contributed by atoms with Crippen molar-refractivity contribution in [2.24, 2.45) is 0 Å². The highest BCUT2D eigenvalue weighted by atomic mass is 15.3. The second kappa shape index (κ2) is 7.21. The SMILES string of the molecule is Cc1nc(N2CCCC2)ccc1Nc1nc(C(C)C)nc(N(C)C)n1. The molecule has 1 saturated heterocycles. The monoisotopic (exact) mass is 341 g/mol.